The average Bonchev–Trinajstić information content (AvgIpc) is 2.50. The second-order valence-corrected chi connectivity index (χ2v) is 6.73. The fourth-order valence-corrected chi connectivity index (χ4v) is 2.32. The Labute approximate surface area is 148 Å². The summed E-state index contributed by atoms with van der Waals surface area (Å²) in [6, 6.07) is 6.90. The van der Waals surface area contributed by atoms with Crippen LogP contribution in [0.5, 0.6) is 5.75 Å². The first-order valence-corrected chi connectivity index (χ1v) is 8.40. The van der Waals surface area contributed by atoms with Crippen LogP contribution < -0.4 is 10.1 Å². The summed E-state index contributed by atoms with van der Waals surface area (Å²) in [6.07, 6.45) is 0.621. The van der Waals surface area contributed by atoms with Crippen molar-refractivity contribution in [2.45, 2.75) is 52.5 Å². The molecule has 1 amide bonds. The van der Waals surface area contributed by atoms with E-state index in [0.717, 1.165) is 0 Å². The summed E-state index contributed by atoms with van der Waals surface area (Å²) in [5.41, 5.74) is -0.198. The van der Waals surface area contributed by atoms with Crippen LogP contribution in [0, 0.1) is 5.92 Å². The molecule has 1 atom stereocenters. The minimum absolute atomic E-state index is 0.00174. The molecule has 138 valence electrons. The lowest BCUT2D eigenvalue weighted by atomic mass is 9.85. The number of Topliss-reactive ketones (excluding diaryl/α,β-unsaturated/α-hetero) is 1. The number of hydrogen-bond donors (Lipinski definition) is 2. The molecule has 0 radical (unpaired) electrons. The Balaban J connectivity index is 2.45. The number of amides is 1. The van der Waals surface area contributed by atoms with Crippen LogP contribution in [0.25, 0.3) is 0 Å². The van der Waals surface area contributed by atoms with E-state index in [-0.39, 0.29) is 30.4 Å². The number of rotatable bonds is 10. The minimum atomic E-state index is -0.940. The molecule has 0 aromatic heterocycles. The SMILES string of the molecule is CC(=O)c1cccc(OCCCC(=O)NC(C)(CC(=O)O)C(C)C)c1. The summed E-state index contributed by atoms with van der Waals surface area (Å²) in [5, 5.41) is 11.8. The summed E-state index contributed by atoms with van der Waals surface area (Å²) in [4.78, 5) is 34.4. The van der Waals surface area contributed by atoms with Crippen LogP contribution in [-0.4, -0.2) is 34.9 Å². The number of benzene rings is 1. The molecule has 1 aromatic rings. The van der Waals surface area contributed by atoms with Gasteiger partial charge in [-0.3, -0.25) is 14.4 Å². The van der Waals surface area contributed by atoms with Crippen LogP contribution in [0.15, 0.2) is 24.3 Å². The fourth-order valence-electron chi connectivity index (χ4n) is 2.32. The molecule has 0 fully saturated rings. The van der Waals surface area contributed by atoms with Gasteiger partial charge in [-0.25, -0.2) is 0 Å². The van der Waals surface area contributed by atoms with Gasteiger partial charge in [0, 0.05) is 17.5 Å². The molecular weight excluding hydrogens is 322 g/mol. The molecule has 0 aliphatic rings. The first kappa shape index (κ1) is 20.7. The minimum Gasteiger partial charge on any atom is -0.494 e. The Bertz CT molecular complexity index is 626. The van der Waals surface area contributed by atoms with Gasteiger partial charge < -0.3 is 15.2 Å². The largest absolute Gasteiger partial charge is 0.494 e. The van der Waals surface area contributed by atoms with Gasteiger partial charge in [-0.05, 0) is 38.3 Å². The van der Waals surface area contributed by atoms with Gasteiger partial charge in [0.1, 0.15) is 5.75 Å². The molecular formula is C19H27NO5. The molecule has 0 heterocycles. The molecule has 0 aliphatic heterocycles. The van der Waals surface area contributed by atoms with E-state index in [2.05, 4.69) is 5.32 Å². The standard InChI is InChI=1S/C19H27NO5/c1-13(2)19(4,12-18(23)24)20-17(22)9-6-10-25-16-8-5-7-15(11-16)14(3)21/h5,7-8,11,13H,6,9-10,12H2,1-4H3,(H,20,22)(H,23,24). The van der Waals surface area contributed by atoms with Crippen molar-refractivity contribution in [1.82, 2.24) is 5.32 Å². The van der Waals surface area contributed by atoms with Gasteiger partial charge in [-0.15, -0.1) is 0 Å². The van der Waals surface area contributed by atoms with Gasteiger partial charge in [-0.2, -0.15) is 0 Å². The maximum absolute atomic E-state index is 12.1. The van der Waals surface area contributed by atoms with Crippen molar-refractivity contribution in [1.29, 1.82) is 0 Å². The number of nitrogens with one attached hydrogen (secondary N) is 1. The van der Waals surface area contributed by atoms with Crippen molar-refractivity contribution in [2.24, 2.45) is 5.92 Å². The topological polar surface area (TPSA) is 92.7 Å². The lowest BCUT2D eigenvalue weighted by Crippen LogP contribution is -2.51. The monoisotopic (exact) mass is 349 g/mol. The fraction of sp³-hybridized carbons (Fsp3) is 0.526. The van der Waals surface area contributed by atoms with E-state index in [0.29, 0.717) is 24.3 Å². The Morgan fingerprint density at radius 3 is 2.52 bits per heavy atom. The van der Waals surface area contributed by atoms with Gasteiger partial charge in [-0.1, -0.05) is 26.0 Å². The van der Waals surface area contributed by atoms with Crippen LogP contribution in [0.1, 0.15) is 57.3 Å². The third-order valence-electron chi connectivity index (χ3n) is 4.28. The van der Waals surface area contributed by atoms with E-state index in [1.807, 2.05) is 13.8 Å². The third kappa shape index (κ3) is 6.95. The number of ketones is 1. The van der Waals surface area contributed by atoms with Crippen LogP contribution in [-0.2, 0) is 9.59 Å². The highest BCUT2D eigenvalue weighted by Crippen LogP contribution is 2.21. The van der Waals surface area contributed by atoms with E-state index >= 15 is 0 Å². The Kier molecular flexibility index (Phi) is 7.61. The van der Waals surface area contributed by atoms with E-state index < -0.39 is 11.5 Å². The Morgan fingerprint density at radius 2 is 1.96 bits per heavy atom. The van der Waals surface area contributed by atoms with Crippen LogP contribution >= 0.6 is 0 Å². The number of carboxylic acids is 1. The highest BCUT2D eigenvalue weighted by atomic mass is 16.5. The molecule has 0 aliphatic carbocycles. The summed E-state index contributed by atoms with van der Waals surface area (Å²) in [7, 11) is 0. The summed E-state index contributed by atoms with van der Waals surface area (Å²) in [6.45, 7) is 7.34. The van der Waals surface area contributed by atoms with Crippen molar-refractivity contribution in [2.75, 3.05) is 6.61 Å². The molecule has 25 heavy (non-hydrogen) atoms. The van der Waals surface area contributed by atoms with Crippen molar-refractivity contribution < 1.29 is 24.2 Å². The number of carbonyl (C=O) groups excluding carboxylic acids is 2. The molecule has 1 rings (SSSR count). The molecule has 0 bridgehead atoms. The zero-order valence-electron chi connectivity index (χ0n) is 15.3. The predicted molar refractivity (Wildman–Crippen MR) is 94.8 cm³/mol. The number of hydrogen-bond acceptors (Lipinski definition) is 4. The zero-order chi connectivity index (χ0) is 19.0. The van der Waals surface area contributed by atoms with Gasteiger partial charge >= 0.3 is 5.97 Å². The first-order chi connectivity index (χ1) is 11.6. The van der Waals surface area contributed by atoms with Crippen LogP contribution in [0.2, 0.25) is 0 Å². The average molecular weight is 349 g/mol. The summed E-state index contributed by atoms with van der Waals surface area (Å²) in [5.74, 6) is -0.580. The zero-order valence-corrected chi connectivity index (χ0v) is 15.3. The molecule has 2 N–H and O–H groups in total. The molecule has 1 aromatic carbocycles. The maximum Gasteiger partial charge on any atom is 0.305 e. The highest BCUT2D eigenvalue weighted by Gasteiger charge is 2.32. The van der Waals surface area contributed by atoms with Crippen LogP contribution in [0.4, 0.5) is 0 Å². The van der Waals surface area contributed by atoms with Gasteiger partial charge in [0.2, 0.25) is 5.91 Å². The first-order valence-electron chi connectivity index (χ1n) is 8.40. The lowest BCUT2D eigenvalue weighted by Gasteiger charge is -2.33. The Hall–Kier alpha value is -2.37. The van der Waals surface area contributed by atoms with Crippen molar-refractivity contribution in [3.63, 3.8) is 0 Å². The number of carboxylic acid groups (broad SMARTS) is 1. The van der Waals surface area contributed by atoms with Gasteiger partial charge in [0.25, 0.3) is 0 Å². The molecule has 6 nitrogen and oxygen atoms in total. The van der Waals surface area contributed by atoms with Crippen molar-refractivity contribution in [3.8, 4) is 5.75 Å². The van der Waals surface area contributed by atoms with Crippen molar-refractivity contribution in [3.05, 3.63) is 29.8 Å². The third-order valence-corrected chi connectivity index (χ3v) is 4.28. The summed E-state index contributed by atoms with van der Waals surface area (Å²) >= 11 is 0. The van der Waals surface area contributed by atoms with E-state index in [9.17, 15) is 14.4 Å². The highest BCUT2D eigenvalue weighted by molar-refractivity contribution is 5.94. The Morgan fingerprint density at radius 1 is 1.28 bits per heavy atom. The molecule has 0 saturated carbocycles. The lowest BCUT2D eigenvalue weighted by molar-refractivity contribution is -0.139. The molecule has 1 unspecified atom stereocenters. The van der Waals surface area contributed by atoms with Gasteiger partial charge in [0.15, 0.2) is 5.78 Å². The predicted octanol–water partition coefficient (Wildman–Crippen LogP) is 3.05. The number of aliphatic carboxylic acids is 1. The molecule has 6 heteroatoms. The smallest absolute Gasteiger partial charge is 0.305 e. The number of ether oxygens (including phenoxy) is 1. The second kappa shape index (κ2) is 9.20. The normalized spacial score (nSPS) is 13.2. The van der Waals surface area contributed by atoms with Crippen molar-refractivity contribution >= 4 is 17.7 Å². The number of carbonyl (C=O) groups is 3. The second-order valence-electron chi connectivity index (χ2n) is 6.73. The summed E-state index contributed by atoms with van der Waals surface area (Å²) < 4.78 is 5.56. The van der Waals surface area contributed by atoms with E-state index in [4.69, 9.17) is 9.84 Å². The van der Waals surface area contributed by atoms with Crippen LogP contribution in [0.3, 0.4) is 0 Å². The van der Waals surface area contributed by atoms with Gasteiger partial charge in [0.05, 0.1) is 13.0 Å². The maximum atomic E-state index is 12.1. The molecule has 0 spiro atoms. The molecule has 0 saturated heterocycles. The van der Waals surface area contributed by atoms with E-state index in [1.165, 1.54) is 6.92 Å². The van der Waals surface area contributed by atoms with E-state index in [1.54, 1.807) is 31.2 Å². The quantitative estimate of drug-likeness (QED) is 0.500.